The highest BCUT2D eigenvalue weighted by Crippen LogP contribution is 2.17. The van der Waals surface area contributed by atoms with Crippen molar-refractivity contribution in [2.45, 2.75) is 32.4 Å². The molecule has 0 spiro atoms. The summed E-state index contributed by atoms with van der Waals surface area (Å²) in [6, 6.07) is -0.0379. The number of hydrogen-bond acceptors (Lipinski definition) is 3. The summed E-state index contributed by atoms with van der Waals surface area (Å²) in [5.74, 6) is 1.49. The average molecular weight is 250 g/mol. The van der Waals surface area contributed by atoms with Crippen LogP contribution in [0.1, 0.15) is 25.6 Å². The van der Waals surface area contributed by atoms with Gasteiger partial charge in [-0.15, -0.1) is 0 Å². The Hall–Kier alpha value is -1.36. The Kier molecular flexibility index (Phi) is 4.01. The van der Waals surface area contributed by atoms with Gasteiger partial charge in [-0.25, -0.2) is 4.98 Å². The first-order valence-corrected chi connectivity index (χ1v) is 6.54. The van der Waals surface area contributed by atoms with Crippen LogP contribution in [0.25, 0.3) is 0 Å². The van der Waals surface area contributed by atoms with Gasteiger partial charge in [0.25, 0.3) is 0 Å². The molecule has 2 heterocycles. The van der Waals surface area contributed by atoms with Crippen LogP contribution in [0, 0.1) is 5.92 Å². The summed E-state index contributed by atoms with van der Waals surface area (Å²) in [6.07, 6.45) is 5.94. The zero-order chi connectivity index (χ0) is 13.1. The van der Waals surface area contributed by atoms with Crippen LogP contribution < -0.4 is 5.32 Å². The lowest BCUT2D eigenvalue weighted by molar-refractivity contribution is -0.134. The quantitative estimate of drug-likeness (QED) is 0.862. The summed E-state index contributed by atoms with van der Waals surface area (Å²) < 4.78 is 1.95. The van der Waals surface area contributed by atoms with E-state index >= 15 is 0 Å². The van der Waals surface area contributed by atoms with Gasteiger partial charge >= 0.3 is 0 Å². The molecule has 1 aliphatic heterocycles. The highest BCUT2D eigenvalue weighted by atomic mass is 16.2. The van der Waals surface area contributed by atoms with E-state index in [4.69, 9.17) is 0 Å². The van der Waals surface area contributed by atoms with Crippen LogP contribution in [0.5, 0.6) is 0 Å². The molecule has 5 nitrogen and oxygen atoms in total. The highest BCUT2D eigenvalue weighted by molar-refractivity contribution is 5.82. The maximum atomic E-state index is 12.4. The van der Waals surface area contributed by atoms with Crippen molar-refractivity contribution in [2.75, 3.05) is 13.6 Å². The van der Waals surface area contributed by atoms with Crippen LogP contribution in [-0.4, -0.2) is 40.0 Å². The third-order valence-electron chi connectivity index (χ3n) is 3.71. The molecule has 100 valence electrons. The second kappa shape index (κ2) is 5.52. The molecule has 0 aromatic carbocycles. The van der Waals surface area contributed by atoms with E-state index in [2.05, 4.69) is 17.2 Å². The molecule has 1 fully saturated rings. The van der Waals surface area contributed by atoms with Crippen LogP contribution in [-0.2, 0) is 18.4 Å². The number of nitrogens with zero attached hydrogens (tertiary/aromatic N) is 3. The maximum Gasteiger partial charge on any atom is 0.240 e. The molecule has 1 saturated heterocycles. The first-order chi connectivity index (χ1) is 8.59. The minimum atomic E-state index is -0.0379. The minimum Gasteiger partial charge on any atom is -0.337 e. The van der Waals surface area contributed by atoms with Crippen molar-refractivity contribution in [3.05, 3.63) is 18.2 Å². The molecule has 0 aliphatic carbocycles. The number of likely N-dealkylation sites (N-methyl/N-ethyl adjacent to an activating group) is 1. The van der Waals surface area contributed by atoms with E-state index in [1.54, 1.807) is 11.1 Å². The molecular formula is C13H22N4O. The average Bonchev–Trinajstić information content (AvgIpc) is 2.75. The third kappa shape index (κ3) is 2.72. The Bertz CT molecular complexity index is 415. The summed E-state index contributed by atoms with van der Waals surface area (Å²) in [6.45, 7) is 3.65. The smallest absolute Gasteiger partial charge is 0.240 e. The number of hydrogen-bond donors (Lipinski definition) is 1. The Morgan fingerprint density at radius 2 is 2.44 bits per heavy atom. The first-order valence-electron chi connectivity index (χ1n) is 6.54. The Labute approximate surface area is 108 Å². The molecule has 1 amide bonds. The van der Waals surface area contributed by atoms with Crippen LogP contribution in [0.15, 0.2) is 12.4 Å². The summed E-state index contributed by atoms with van der Waals surface area (Å²) >= 11 is 0. The number of nitrogens with one attached hydrogen (secondary N) is 1. The summed E-state index contributed by atoms with van der Waals surface area (Å²) in [7, 11) is 3.79. The van der Waals surface area contributed by atoms with Gasteiger partial charge in [-0.05, 0) is 25.3 Å². The predicted octanol–water partition coefficient (Wildman–Crippen LogP) is 0.767. The molecular weight excluding hydrogens is 228 g/mol. The Morgan fingerprint density at radius 1 is 1.67 bits per heavy atom. The number of rotatable bonds is 3. The largest absolute Gasteiger partial charge is 0.337 e. The first kappa shape index (κ1) is 13.1. The van der Waals surface area contributed by atoms with E-state index in [0.29, 0.717) is 12.5 Å². The predicted molar refractivity (Wildman–Crippen MR) is 69.9 cm³/mol. The molecule has 1 aromatic heterocycles. The zero-order valence-corrected chi connectivity index (χ0v) is 11.4. The van der Waals surface area contributed by atoms with Crippen molar-refractivity contribution in [2.24, 2.45) is 13.0 Å². The molecule has 2 unspecified atom stereocenters. The zero-order valence-electron chi connectivity index (χ0n) is 11.4. The molecule has 1 N–H and O–H groups in total. The van der Waals surface area contributed by atoms with Crippen LogP contribution in [0.4, 0.5) is 0 Å². The molecule has 1 aromatic rings. The van der Waals surface area contributed by atoms with Crippen molar-refractivity contribution in [1.82, 2.24) is 19.8 Å². The molecule has 5 heteroatoms. The third-order valence-corrected chi connectivity index (χ3v) is 3.71. The number of aryl methyl sites for hydroxylation is 1. The second-order valence-electron chi connectivity index (χ2n) is 5.20. The normalized spacial score (nSPS) is 23.9. The number of aromatic nitrogens is 2. The van der Waals surface area contributed by atoms with Crippen LogP contribution >= 0.6 is 0 Å². The van der Waals surface area contributed by atoms with Crippen molar-refractivity contribution >= 4 is 5.91 Å². The molecule has 2 rings (SSSR count). The molecule has 1 aliphatic rings. The van der Waals surface area contributed by atoms with Gasteiger partial charge in [0.2, 0.25) is 5.91 Å². The molecule has 18 heavy (non-hydrogen) atoms. The molecule has 2 atom stereocenters. The number of carbonyl (C=O) groups is 1. The standard InChI is InChI=1S/C13H22N4O/c1-10-5-4-6-15-12(10)13(18)17(3)9-11-14-7-8-16(11)2/h7-8,10,12,15H,4-6,9H2,1-3H3. The fourth-order valence-electron chi connectivity index (χ4n) is 2.46. The lowest BCUT2D eigenvalue weighted by atomic mass is 9.92. The van der Waals surface area contributed by atoms with Gasteiger partial charge in [0, 0.05) is 26.5 Å². The van der Waals surface area contributed by atoms with Crippen molar-refractivity contribution < 1.29 is 4.79 Å². The Balaban J connectivity index is 1.98. The maximum absolute atomic E-state index is 12.4. The molecule has 0 bridgehead atoms. The van der Waals surface area contributed by atoms with Crippen molar-refractivity contribution in [3.63, 3.8) is 0 Å². The van der Waals surface area contributed by atoms with Crippen molar-refractivity contribution in [1.29, 1.82) is 0 Å². The van der Waals surface area contributed by atoms with Crippen LogP contribution in [0.3, 0.4) is 0 Å². The Morgan fingerprint density at radius 3 is 3.06 bits per heavy atom. The van der Waals surface area contributed by atoms with Gasteiger partial charge in [-0.3, -0.25) is 4.79 Å². The van der Waals surface area contributed by atoms with Gasteiger partial charge in [0.15, 0.2) is 0 Å². The topological polar surface area (TPSA) is 50.2 Å². The van der Waals surface area contributed by atoms with E-state index in [-0.39, 0.29) is 11.9 Å². The molecule has 0 radical (unpaired) electrons. The second-order valence-corrected chi connectivity index (χ2v) is 5.20. The van der Waals surface area contributed by atoms with Gasteiger partial charge in [-0.1, -0.05) is 6.92 Å². The minimum absolute atomic E-state index is 0.0379. The van der Waals surface area contributed by atoms with E-state index in [1.165, 1.54) is 0 Å². The molecule has 0 saturated carbocycles. The lowest BCUT2D eigenvalue weighted by Gasteiger charge is -2.32. The van der Waals surface area contributed by atoms with Crippen LogP contribution in [0.2, 0.25) is 0 Å². The van der Waals surface area contributed by atoms with Crippen molar-refractivity contribution in [3.8, 4) is 0 Å². The fourth-order valence-corrected chi connectivity index (χ4v) is 2.46. The summed E-state index contributed by atoms with van der Waals surface area (Å²) in [5.41, 5.74) is 0. The number of amides is 1. The highest BCUT2D eigenvalue weighted by Gasteiger charge is 2.29. The van der Waals surface area contributed by atoms with Gasteiger partial charge in [0.1, 0.15) is 5.82 Å². The summed E-state index contributed by atoms with van der Waals surface area (Å²) in [4.78, 5) is 18.4. The van der Waals surface area contributed by atoms with Gasteiger partial charge < -0.3 is 14.8 Å². The SMILES string of the molecule is CC1CCCNC1C(=O)N(C)Cc1nccn1C. The van der Waals surface area contributed by atoms with E-state index in [9.17, 15) is 4.79 Å². The lowest BCUT2D eigenvalue weighted by Crippen LogP contribution is -2.51. The summed E-state index contributed by atoms with van der Waals surface area (Å²) in [5, 5.41) is 3.33. The number of piperidine rings is 1. The monoisotopic (exact) mass is 250 g/mol. The van der Waals surface area contributed by atoms with E-state index in [0.717, 1.165) is 25.2 Å². The van der Waals surface area contributed by atoms with E-state index < -0.39 is 0 Å². The van der Waals surface area contributed by atoms with Gasteiger partial charge in [-0.2, -0.15) is 0 Å². The fraction of sp³-hybridized carbons (Fsp3) is 0.692. The number of carbonyl (C=O) groups excluding carboxylic acids is 1. The van der Waals surface area contributed by atoms with Gasteiger partial charge in [0.05, 0.1) is 12.6 Å². The van der Waals surface area contributed by atoms with E-state index in [1.807, 2.05) is 24.9 Å². The number of imidazole rings is 1.